The van der Waals surface area contributed by atoms with Crippen LogP contribution in [0.1, 0.15) is 32.8 Å². The molecule has 1 unspecified atom stereocenters. The van der Waals surface area contributed by atoms with Crippen LogP contribution in [-0.4, -0.2) is 36.9 Å². The van der Waals surface area contributed by atoms with Gasteiger partial charge in [0, 0.05) is 30.9 Å². The van der Waals surface area contributed by atoms with Gasteiger partial charge in [0.2, 0.25) is 0 Å². The highest BCUT2D eigenvalue weighted by atomic mass is 16.3. The number of hydrogen-bond donors (Lipinski definition) is 2. The summed E-state index contributed by atoms with van der Waals surface area (Å²) in [7, 11) is 0. The van der Waals surface area contributed by atoms with Crippen LogP contribution in [0.15, 0.2) is 24.3 Å². The molecule has 1 rings (SSSR count). The number of nitrogens with one attached hydrogen (secondary N) is 1. The van der Waals surface area contributed by atoms with Gasteiger partial charge in [0.1, 0.15) is 0 Å². The molecule has 19 heavy (non-hydrogen) atoms. The van der Waals surface area contributed by atoms with Gasteiger partial charge >= 0.3 is 0 Å². The Bertz CT molecular complexity index is 348. The Morgan fingerprint density at radius 3 is 2.32 bits per heavy atom. The molecule has 0 saturated carbocycles. The summed E-state index contributed by atoms with van der Waals surface area (Å²) in [5.41, 5.74) is 2.55. The van der Waals surface area contributed by atoms with Crippen molar-refractivity contribution < 1.29 is 5.11 Å². The summed E-state index contributed by atoms with van der Waals surface area (Å²) in [6.45, 7) is 10.6. The number of benzene rings is 1. The van der Waals surface area contributed by atoms with Gasteiger partial charge in [-0.2, -0.15) is 0 Å². The van der Waals surface area contributed by atoms with Crippen LogP contribution in [0.4, 0.5) is 5.69 Å². The van der Waals surface area contributed by atoms with Crippen molar-refractivity contribution in [3.8, 4) is 0 Å². The molecular weight excluding hydrogens is 236 g/mol. The average molecular weight is 264 g/mol. The topological polar surface area (TPSA) is 35.5 Å². The molecule has 1 aromatic carbocycles. The zero-order valence-corrected chi connectivity index (χ0v) is 12.7. The minimum Gasteiger partial charge on any atom is -0.395 e. The van der Waals surface area contributed by atoms with Crippen molar-refractivity contribution in [3.05, 3.63) is 29.8 Å². The predicted molar refractivity (Wildman–Crippen MR) is 82.8 cm³/mol. The molecule has 0 radical (unpaired) electrons. The maximum atomic E-state index is 9.39. The van der Waals surface area contributed by atoms with Gasteiger partial charge < -0.3 is 15.3 Å². The summed E-state index contributed by atoms with van der Waals surface area (Å²) >= 11 is 0. The first-order valence-electron chi connectivity index (χ1n) is 7.25. The third kappa shape index (κ3) is 5.62. The molecule has 2 N–H and O–H groups in total. The third-order valence-corrected chi connectivity index (χ3v) is 3.32. The van der Waals surface area contributed by atoms with Crippen molar-refractivity contribution in [2.75, 3.05) is 24.6 Å². The van der Waals surface area contributed by atoms with E-state index in [1.54, 1.807) is 0 Å². The molecule has 0 spiro atoms. The Kier molecular flexibility index (Phi) is 6.89. The summed E-state index contributed by atoms with van der Waals surface area (Å²) in [6.07, 6.45) is 0.955. The Balaban J connectivity index is 2.54. The molecule has 0 saturated heterocycles. The van der Waals surface area contributed by atoms with Crippen LogP contribution in [0.2, 0.25) is 0 Å². The lowest BCUT2D eigenvalue weighted by Gasteiger charge is -2.26. The van der Waals surface area contributed by atoms with Crippen LogP contribution in [0.25, 0.3) is 0 Å². The molecule has 0 aliphatic heterocycles. The van der Waals surface area contributed by atoms with Crippen molar-refractivity contribution in [1.29, 1.82) is 0 Å². The van der Waals surface area contributed by atoms with E-state index in [1.165, 1.54) is 11.3 Å². The number of aliphatic hydroxyl groups excluding tert-OH is 1. The Morgan fingerprint density at radius 1 is 1.21 bits per heavy atom. The fourth-order valence-corrected chi connectivity index (χ4v) is 2.24. The first-order valence-corrected chi connectivity index (χ1v) is 7.25. The highest BCUT2D eigenvalue weighted by molar-refractivity contribution is 5.47. The van der Waals surface area contributed by atoms with E-state index in [4.69, 9.17) is 0 Å². The van der Waals surface area contributed by atoms with E-state index < -0.39 is 0 Å². The lowest BCUT2D eigenvalue weighted by atomic mass is 10.1. The summed E-state index contributed by atoms with van der Waals surface area (Å²) in [4.78, 5) is 2.35. The second-order valence-corrected chi connectivity index (χ2v) is 5.40. The standard InChI is InChI=1S/C16H28N2O/c1-5-18(16-8-6-14(4)7-9-16)11-10-15(12-19)17-13(2)3/h6-9,13,15,17,19H,5,10-12H2,1-4H3. The van der Waals surface area contributed by atoms with E-state index in [1.807, 2.05) is 0 Å². The number of hydrogen-bond acceptors (Lipinski definition) is 3. The van der Waals surface area contributed by atoms with Gasteiger partial charge in [0.25, 0.3) is 0 Å². The van der Waals surface area contributed by atoms with Crippen molar-refractivity contribution >= 4 is 5.69 Å². The van der Waals surface area contributed by atoms with Crippen molar-refractivity contribution in [2.45, 2.75) is 46.2 Å². The van der Waals surface area contributed by atoms with E-state index in [-0.39, 0.29) is 12.6 Å². The molecule has 3 nitrogen and oxygen atoms in total. The van der Waals surface area contributed by atoms with E-state index in [9.17, 15) is 5.11 Å². The van der Waals surface area contributed by atoms with Gasteiger partial charge in [-0.05, 0) is 32.4 Å². The highest BCUT2D eigenvalue weighted by Crippen LogP contribution is 2.15. The van der Waals surface area contributed by atoms with Crippen LogP contribution < -0.4 is 10.2 Å². The van der Waals surface area contributed by atoms with Gasteiger partial charge in [-0.1, -0.05) is 31.5 Å². The minimum atomic E-state index is 0.180. The van der Waals surface area contributed by atoms with Gasteiger partial charge in [-0.15, -0.1) is 0 Å². The smallest absolute Gasteiger partial charge is 0.0585 e. The molecule has 0 bridgehead atoms. The van der Waals surface area contributed by atoms with Gasteiger partial charge in [-0.3, -0.25) is 0 Å². The second-order valence-electron chi connectivity index (χ2n) is 5.40. The average Bonchev–Trinajstić information content (AvgIpc) is 2.39. The van der Waals surface area contributed by atoms with Gasteiger partial charge in [0.15, 0.2) is 0 Å². The zero-order chi connectivity index (χ0) is 14.3. The number of rotatable bonds is 8. The summed E-state index contributed by atoms with van der Waals surface area (Å²) < 4.78 is 0. The van der Waals surface area contributed by atoms with Crippen molar-refractivity contribution in [2.24, 2.45) is 0 Å². The van der Waals surface area contributed by atoms with Crippen LogP contribution in [0.5, 0.6) is 0 Å². The zero-order valence-electron chi connectivity index (χ0n) is 12.7. The second kappa shape index (κ2) is 8.18. The van der Waals surface area contributed by atoms with E-state index in [0.29, 0.717) is 6.04 Å². The SMILES string of the molecule is CCN(CCC(CO)NC(C)C)c1ccc(C)cc1. The number of aryl methyl sites for hydroxylation is 1. The maximum absolute atomic E-state index is 9.39. The fraction of sp³-hybridized carbons (Fsp3) is 0.625. The number of nitrogens with zero attached hydrogens (tertiary/aromatic N) is 1. The lowest BCUT2D eigenvalue weighted by molar-refractivity contribution is 0.229. The summed E-state index contributed by atoms with van der Waals surface area (Å²) in [5.74, 6) is 0. The largest absolute Gasteiger partial charge is 0.395 e. The molecule has 0 fully saturated rings. The fourth-order valence-electron chi connectivity index (χ4n) is 2.24. The quantitative estimate of drug-likeness (QED) is 0.757. The highest BCUT2D eigenvalue weighted by Gasteiger charge is 2.11. The van der Waals surface area contributed by atoms with Crippen molar-refractivity contribution in [1.82, 2.24) is 5.32 Å². The molecular formula is C16H28N2O. The van der Waals surface area contributed by atoms with Crippen LogP contribution in [0, 0.1) is 6.92 Å². The van der Waals surface area contributed by atoms with E-state index >= 15 is 0 Å². The first kappa shape index (κ1) is 16.0. The minimum absolute atomic E-state index is 0.180. The Labute approximate surface area is 117 Å². The molecule has 0 aliphatic carbocycles. The number of anilines is 1. The molecule has 108 valence electrons. The molecule has 0 heterocycles. The monoisotopic (exact) mass is 264 g/mol. The van der Waals surface area contributed by atoms with Crippen LogP contribution in [-0.2, 0) is 0 Å². The summed E-state index contributed by atoms with van der Waals surface area (Å²) in [6, 6.07) is 9.22. The Morgan fingerprint density at radius 2 is 1.84 bits per heavy atom. The van der Waals surface area contributed by atoms with Crippen LogP contribution in [0.3, 0.4) is 0 Å². The predicted octanol–water partition coefficient (Wildman–Crippen LogP) is 2.57. The normalized spacial score (nSPS) is 12.7. The van der Waals surface area contributed by atoms with Crippen molar-refractivity contribution in [3.63, 3.8) is 0 Å². The molecule has 0 aliphatic rings. The first-order chi connectivity index (χ1) is 9.06. The molecule has 3 heteroatoms. The molecule has 0 aromatic heterocycles. The Hall–Kier alpha value is -1.06. The van der Waals surface area contributed by atoms with Gasteiger partial charge in [0.05, 0.1) is 6.61 Å². The number of aliphatic hydroxyl groups is 1. The maximum Gasteiger partial charge on any atom is 0.0585 e. The molecule has 1 aromatic rings. The third-order valence-electron chi connectivity index (χ3n) is 3.32. The molecule has 0 amide bonds. The van der Waals surface area contributed by atoms with E-state index in [0.717, 1.165) is 19.5 Å². The summed E-state index contributed by atoms with van der Waals surface area (Å²) in [5, 5.41) is 12.8. The van der Waals surface area contributed by atoms with Crippen LogP contribution >= 0.6 is 0 Å². The molecule has 1 atom stereocenters. The van der Waals surface area contributed by atoms with Gasteiger partial charge in [-0.25, -0.2) is 0 Å². The van der Waals surface area contributed by atoms with E-state index in [2.05, 4.69) is 62.2 Å². The lowest BCUT2D eigenvalue weighted by Crippen LogP contribution is -2.40.